The molecule has 2 amide bonds. The second-order valence-corrected chi connectivity index (χ2v) is 10.3. The molecule has 6 nitrogen and oxygen atoms in total. The highest BCUT2D eigenvalue weighted by Gasteiger charge is 2.42. The molecule has 0 saturated carbocycles. The predicted molar refractivity (Wildman–Crippen MR) is 161 cm³/mol. The standard InChI is InChI=1S/C34H29F2N3O3/c1-38(2)31(41)21-28-25-15-9-10-16-29(25)39(20-19-34(28,35)36)30-18-17-26(33(42)37-24-13-7-4-8-14-24)32(27(30)22-40)23-11-5-3-6-12-23/h3-18,21,30H,19-20H2,1-2H3,(H,37,42). The van der Waals surface area contributed by atoms with Gasteiger partial charge in [0, 0.05) is 66.8 Å². The molecule has 1 heterocycles. The van der Waals surface area contributed by atoms with Crippen LogP contribution in [0.25, 0.3) is 11.1 Å². The van der Waals surface area contributed by atoms with E-state index in [1.807, 2.05) is 12.1 Å². The third-order valence-corrected chi connectivity index (χ3v) is 7.34. The van der Waals surface area contributed by atoms with Crippen LogP contribution in [0.5, 0.6) is 0 Å². The molecule has 0 radical (unpaired) electrons. The second-order valence-electron chi connectivity index (χ2n) is 10.3. The number of hydrogen-bond donors (Lipinski definition) is 1. The van der Waals surface area contributed by atoms with E-state index in [2.05, 4.69) is 11.3 Å². The number of fused-ring (bicyclic) bond motifs is 1. The van der Waals surface area contributed by atoms with Crippen LogP contribution in [0.2, 0.25) is 0 Å². The van der Waals surface area contributed by atoms with Gasteiger partial charge in [-0.1, -0.05) is 78.9 Å². The van der Waals surface area contributed by atoms with E-state index in [0.717, 1.165) is 6.08 Å². The quantitative estimate of drug-likeness (QED) is 0.314. The number of amides is 2. The number of carbonyl (C=O) groups excluding carboxylic acids is 3. The Hall–Kier alpha value is -5.07. The topological polar surface area (TPSA) is 69.7 Å². The van der Waals surface area contributed by atoms with Crippen LogP contribution in [0.3, 0.4) is 0 Å². The summed E-state index contributed by atoms with van der Waals surface area (Å²) in [5.74, 6) is -2.23. The van der Waals surface area contributed by atoms with Crippen LogP contribution in [0.1, 0.15) is 17.5 Å². The number of para-hydroxylation sites is 2. The summed E-state index contributed by atoms with van der Waals surface area (Å²) in [6.45, 7) is -0.120. The molecule has 1 aliphatic carbocycles. The van der Waals surface area contributed by atoms with Crippen molar-refractivity contribution in [2.24, 2.45) is 0 Å². The van der Waals surface area contributed by atoms with Crippen LogP contribution in [-0.2, 0) is 14.4 Å². The zero-order valence-corrected chi connectivity index (χ0v) is 23.2. The fraction of sp³-hybridized carbons (Fsp3) is 0.176. The van der Waals surface area contributed by atoms with Gasteiger partial charge < -0.3 is 15.1 Å². The zero-order valence-electron chi connectivity index (χ0n) is 23.2. The fourth-order valence-electron chi connectivity index (χ4n) is 5.25. The summed E-state index contributed by atoms with van der Waals surface area (Å²) in [6.07, 6.45) is 3.69. The summed E-state index contributed by atoms with van der Waals surface area (Å²) in [6, 6.07) is 23.8. The molecule has 0 spiro atoms. The number of anilines is 2. The molecule has 1 atom stereocenters. The molecule has 3 aromatic rings. The predicted octanol–water partition coefficient (Wildman–Crippen LogP) is 5.79. The molecule has 212 valence electrons. The highest BCUT2D eigenvalue weighted by atomic mass is 19.3. The van der Waals surface area contributed by atoms with E-state index in [9.17, 15) is 14.4 Å². The summed E-state index contributed by atoms with van der Waals surface area (Å²) >= 11 is 0. The maximum Gasteiger partial charge on any atom is 0.275 e. The van der Waals surface area contributed by atoms with Gasteiger partial charge in [0.1, 0.15) is 5.94 Å². The zero-order chi connectivity index (χ0) is 29.9. The first-order valence-electron chi connectivity index (χ1n) is 13.5. The van der Waals surface area contributed by atoms with E-state index >= 15 is 8.78 Å². The van der Waals surface area contributed by atoms with Crippen molar-refractivity contribution >= 4 is 40.3 Å². The lowest BCUT2D eigenvalue weighted by Crippen LogP contribution is -2.39. The minimum absolute atomic E-state index is 0.120. The lowest BCUT2D eigenvalue weighted by atomic mass is 9.84. The van der Waals surface area contributed by atoms with Gasteiger partial charge in [0.05, 0.1) is 11.6 Å². The Morgan fingerprint density at radius 1 is 0.976 bits per heavy atom. The van der Waals surface area contributed by atoms with Crippen LogP contribution in [0.15, 0.2) is 114 Å². The second kappa shape index (κ2) is 11.8. The van der Waals surface area contributed by atoms with Crippen molar-refractivity contribution in [3.8, 4) is 0 Å². The van der Waals surface area contributed by atoms with Crippen molar-refractivity contribution in [2.45, 2.75) is 18.4 Å². The molecule has 3 aromatic carbocycles. The molecular formula is C34H29F2N3O3. The number of carbonyl (C=O) groups is 2. The Morgan fingerprint density at radius 2 is 1.62 bits per heavy atom. The molecule has 8 heteroatoms. The monoisotopic (exact) mass is 565 g/mol. The van der Waals surface area contributed by atoms with Gasteiger partial charge in [-0.25, -0.2) is 13.6 Å². The van der Waals surface area contributed by atoms with Crippen molar-refractivity contribution in [2.75, 3.05) is 30.9 Å². The molecule has 1 unspecified atom stereocenters. The van der Waals surface area contributed by atoms with E-state index in [-0.39, 0.29) is 28.8 Å². The van der Waals surface area contributed by atoms with Gasteiger partial charge in [0.2, 0.25) is 5.91 Å². The number of rotatable bonds is 5. The Bertz CT molecular complexity index is 1650. The summed E-state index contributed by atoms with van der Waals surface area (Å²) in [7, 11) is 3.01. The van der Waals surface area contributed by atoms with Gasteiger partial charge in [0.25, 0.3) is 11.8 Å². The number of hydrogen-bond acceptors (Lipinski definition) is 4. The molecule has 0 saturated heterocycles. The average Bonchev–Trinajstić information content (AvgIpc) is 3.10. The number of nitrogens with zero attached hydrogens (tertiary/aromatic N) is 2. The van der Waals surface area contributed by atoms with Crippen LogP contribution >= 0.6 is 0 Å². The lowest BCUT2D eigenvalue weighted by molar-refractivity contribution is -0.123. The third-order valence-electron chi connectivity index (χ3n) is 7.34. The lowest BCUT2D eigenvalue weighted by Gasteiger charge is -2.35. The number of likely N-dealkylation sites (N-methyl/N-ethyl adjacent to an activating group) is 1. The van der Waals surface area contributed by atoms with E-state index in [1.54, 1.807) is 89.8 Å². The van der Waals surface area contributed by atoms with E-state index < -0.39 is 30.2 Å². The summed E-state index contributed by atoms with van der Waals surface area (Å²) in [5, 5.41) is 2.87. The average molecular weight is 566 g/mol. The van der Waals surface area contributed by atoms with Gasteiger partial charge in [-0.05, 0) is 23.8 Å². The Balaban J connectivity index is 1.62. The number of nitrogens with one attached hydrogen (secondary N) is 1. The SMILES string of the molecule is CN(C)C(=O)C=C1c2ccccc2N(C2C=CC(C(=O)Nc3ccccc3)=C(c3ccccc3)C2=C=O)CCC1(F)F. The van der Waals surface area contributed by atoms with E-state index in [4.69, 9.17) is 0 Å². The highest BCUT2D eigenvalue weighted by molar-refractivity contribution is 6.15. The van der Waals surface area contributed by atoms with E-state index in [0.29, 0.717) is 22.5 Å². The molecule has 0 fully saturated rings. The van der Waals surface area contributed by atoms with Crippen LogP contribution in [0, 0.1) is 0 Å². The maximum absolute atomic E-state index is 15.6. The van der Waals surface area contributed by atoms with Crippen LogP contribution < -0.4 is 10.2 Å². The molecule has 1 aliphatic heterocycles. The molecule has 0 bridgehead atoms. The Morgan fingerprint density at radius 3 is 2.29 bits per heavy atom. The first-order valence-corrected chi connectivity index (χ1v) is 13.5. The van der Waals surface area contributed by atoms with Crippen molar-refractivity contribution in [1.29, 1.82) is 0 Å². The third kappa shape index (κ3) is 5.57. The Kier molecular flexibility index (Phi) is 8.00. The normalized spacial score (nSPS) is 18.7. The minimum Gasteiger partial charge on any atom is -0.359 e. The minimum atomic E-state index is -3.31. The van der Waals surface area contributed by atoms with Crippen molar-refractivity contribution in [3.63, 3.8) is 0 Å². The molecule has 2 aliphatic rings. The number of halogens is 2. The first kappa shape index (κ1) is 28.5. The molecule has 5 rings (SSSR count). The summed E-state index contributed by atoms with van der Waals surface area (Å²) in [5.41, 5.74) is 2.25. The van der Waals surface area contributed by atoms with Crippen molar-refractivity contribution < 1.29 is 23.2 Å². The first-order chi connectivity index (χ1) is 20.2. The van der Waals surface area contributed by atoms with Gasteiger partial charge in [-0.15, -0.1) is 0 Å². The van der Waals surface area contributed by atoms with Gasteiger partial charge >= 0.3 is 0 Å². The van der Waals surface area contributed by atoms with E-state index in [1.165, 1.54) is 19.0 Å². The largest absolute Gasteiger partial charge is 0.359 e. The summed E-state index contributed by atoms with van der Waals surface area (Å²) in [4.78, 5) is 41.7. The Labute approximate surface area is 242 Å². The molecule has 42 heavy (non-hydrogen) atoms. The van der Waals surface area contributed by atoms with Crippen molar-refractivity contribution in [1.82, 2.24) is 4.90 Å². The van der Waals surface area contributed by atoms with Gasteiger partial charge in [0.15, 0.2) is 0 Å². The smallest absolute Gasteiger partial charge is 0.275 e. The van der Waals surface area contributed by atoms with Crippen LogP contribution in [0.4, 0.5) is 20.2 Å². The highest BCUT2D eigenvalue weighted by Crippen LogP contribution is 2.45. The number of allylic oxidation sites excluding steroid dienone is 1. The summed E-state index contributed by atoms with van der Waals surface area (Å²) < 4.78 is 31.3. The van der Waals surface area contributed by atoms with Gasteiger partial charge in [-0.3, -0.25) is 9.59 Å². The fourth-order valence-corrected chi connectivity index (χ4v) is 5.25. The molecule has 1 N–H and O–H groups in total. The van der Waals surface area contributed by atoms with Crippen molar-refractivity contribution in [3.05, 3.63) is 125 Å². The number of benzene rings is 3. The maximum atomic E-state index is 15.6. The number of alkyl halides is 2. The van der Waals surface area contributed by atoms with Gasteiger partial charge in [-0.2, -0.15) is 0 Å². The molecule has 0 aromatic heterocycles. The van der Waals surface area contributed by atoms with Crippen LogP contribution in [-0.4, -0.2) is 55.3 Å². The molecular weight excluding hydrogens is 536 g/mol.